The van der Waals surface area contributed by atoms with Gasteiger partial charge in [0.15, 0.2) is 0 Å². The number of fused-ring (bicyclic) bond motifs is 1. The minimum absolute atomic E-state index is 0.301. The summed E-state index contributed by atoms with van der Waals surface area (Å²) in [5.41, 5.74) is 8.20. The lowest BCUT2D eigenvalue weighted by Crippen LogP contribution is -2.08. The number of carbonyl (C=O) groups is 1. The fraction of sp³-hybridized carbons (Fsp3) is 0.303. The van der Waals surface area contributed by atoms with Crippen LogP contribution in [-0.4, -0.2) is 57.1 Å². The fourth-order valence-electron chi connectivity index (χ4n) is 5.12. The topological polar surface area (TPSA) is 91.4 Å². The highest BCUT2D eigenvalue weighted by Crippen LogP contribution is 2.29. The third-order valence-corrected chi connectivity index (χ3v) is 7.21. The van der Waals surface area contributed by atoms with Crippen LogP contribution in [0.5, 0.6) is 0 Å². The van der Waals surface area contributed by atoms with E-state index in [4.69, 9.17) is 14.5 Å². The van der Waals surface area contributed by atoms with Crippen LogP contribution in [0.25, 0.3) is 33.4 Å². The number of aromatic nitrogens is 4. The highest BCUT2D eigenvalue weighted by Gasteiger charge is 2.16. The quantitative estimate of drug-likeness (QED) is 0.174. The van der Waals surface area contributed by atoms with Crippen molar-refractivity contribution in [2.45, 2.75) is 39.8 Å². The average Bonchev–Trinajstić information content (AvgIpc) is 3.59. The molecule has 0 saturated heterocycles. The summed E-state index contributed by atoms with van der Waals surface area (Å²) in [5.74, 6) is 0.131. The van der Waals surface area contributed by atoms with Crippen molar-refractivity contribution in [2.24, 2.45) is 0 Å². The van der Waals surface area contributed by atoms with E-state index in [1.165, 1.54) is 0 Å². The number of aryl methyl sites for hydroxylation is 2. The first-order valence-electron chi connectivity index (χ1n) is 14.0. The fourth-order valence-corrected chi connectivity index (χ4v) is 5.12. The molecular weight excluding hydrogens is 516 g/mol. The summed E-state index contributed by atoms with van der Waals surface area (Å²) in [6.07, 6.45) is 5.78. The molecule has 1 N–H and O–H groups in total. The molecule has 0 fully saturated rings. The Labute approximate surface area is 240 Å². The Bertz CT molecular complexity index is 1640. The molecule has 0 saturated carbocycles. The highest BCUT2D eigenvalue weighted by molar-refractivity contribution is 5.96. The van der Waals surface area contributed by atoms with E-state index in [2.05, 4.69) is 53.9 Å². The number of hydrogen-bond donors (Lipinski definition) is 1. The van der Waals surface area contributed by atoms with Gasteiger partial charge in [0.1, 0.15) is 5.82 Å². The van der Waals surface area contributed by atoms with E-state index < -0.39 is 5.97 Å². The summed E-state index contributed by atoms with van der Waals surface area (Å²) in [7, 11) is 1.67. The van der Waals surface area contributed by atoms with Gasteiger partial charge in [-0.25, -0.2) is 14.8 Å². The van der Waals surface area contributed by atoms with Gasteiger partial charge in [-0.15, -0.1) is 0 Å². The number of benzene rings is 3. The predicted molar refractivity (Wildman–Crippen MR) is 160 cm³/mol. The van der Waals surface area contributed by atoms with Gasteiger partial charge in [-0.05, 0) is 53.8 Å². The van der Waals surface area contributed by atoms with Crippen molar-refractivity contribution < 1.29 is 19.4 Å². The van der Waals surface area contributed by atoms with Gasteiger partial charge in [0.05, 0.1) is 48.4 Å². The molecule has 212 valence electrons. The first-order valence-corrected chi connectivity index (χ1v) is 14.0. The zero-order valence-electron chi connectivity index (χ0n) is 23.8. The molecule has 0 atom stereocenters. The van der Waals surface area contributed by atoms with Gasteiger partial charge in [0.25, 0.3) is 0 Å². The van der Waals surface area contributed by atoms with E-state index >= 15 is 0 Å². The van der Waals surface area contributed by atoms with Gasteiger partial charge in [-0.2, -0.15) is 0 Å². The number of ether oxygens (including phenoxy) is 2. The van der Waals surface area contributed by atoms with Crippen LogP contribution in [0.1, 0.15) is 40.7 Å². The number of methoxy groups -OCH3 is 1. The molecule has 0 aliphatic rings. The Morgan fingerprint density at radius 1 is 1.00 bits per heavy atom. The standard InChI is InChI=1S/C33H36N4O4/c1-4-7-31-35-32-23(2)18-26(29-21-36(22-34-29)14-15-41-17-16-40-3)19-30(32)37(31)20-24-10-12-25(13-11-24)27-8-5-6-9-28(27)33(38)39/h5-6,8-13,18-19,21-22H,4,7,14-17,20H2,1-3H3,(H,38,39). The predicted octanol–water partition coefficient (Wildman–Crippen LogP) is 6.24. The van der Waals surface area contributed by atoms with Crippen molar-refractivity contribution in [3.63, 3.8) is 0 Å². The number of aromatic carboxylic acids is 1. The Kier molecular flexibility index (Phi) is 8.91. The summed E-state index contributed by atoms with van der Waals surface area (Å²) in [5, 5.41) is 9.60. The molecule has 5 aromatic rings. The van der Waals surface area contributed by atoms with Crippen LogP contribution in [0, 0.1) is 6.92 Å². The van der Waals surface area contributed by atoms with Gasteiger partial charge in [-0.3, -0.25) is 0 Å². The smallest absolute Gasteiger partial charge is 0.336 e. The van der Waals surface area contributed by atoms with Gasteiger partial charge in [-0.1, -0.05) is 49.4 Å². The lowest BCUT2D eigenvalue weighted by atomic mass is 9.98. The number of rotatable bonds is 13. The van der Waals surface area contributed by atoms with Gasteiger partial charge >= 0.3 is 5.97 Å². The van der Waals surface area contributed by atoms with E-state index in [0.717, 1.165) is 64.2 Å². The summed E-state index contributed by atoms with van der Waals surface area (Å²) in [6, 6.07) is 19.6. The maximum absolute atomic E-state index is 11.7. The van der Waals surface area contributed by atoms with Gasteiger partial charge < -0.3 is 23.7 Å². The van der Waals surface area contributed by atoms with Gasteiger partial charge in [0.2, 0.25) is 0 Å². The number of nitrogens with zero attached hydrogens (tertiary/aromatic N) is 4. The molecule has 41 heavy (non-hydrogen) atoms. The van der Waals surface area contributed by atoms with Crippen molar-refractivity contribution in [1.29, 1.82) is 0 Å². The monoisotopic (exact) mass is 552 g/mol. The maximum atomic E-state index is 11.7. The van der Waals surface area contributed by atoms with E-state index in [1.807, 2.05) is 35.2 Å². The molecule has 8 nitrogen and oxygen atoms in total. The molecule has 0 radical (unpaired) electrons. The number of imidazole rings is 2. The van der Waals surface area contributed by atoms with Crippen LogP contribution < -0.4 is 0 Å². The third-order valence-electron chi connectivity index (χ3n) is 7.21. The Morgan fingerprint density at radius 3 is 2.56 bits per heavy atom. The van der Waals surface area contributed by atoms with Crippen LogP contribution in [0.2, 0.25) is 0 Å². The zero-order valence-corrected chi connectivity index (χ0v) is 23.8. The Balaban J connectivity index is 1.43. The van der Waals surface area contributed by atoms with Crippen molar-refractivity contribution in [3.05, 3.63) is 95.7 Å². The molecule has 2 aromatic heterocycles. The lowest BCUT2D eigenvalue weighted by molar-refractivity contribution is 0.0666. The second kappa shape index (κ2) is 12.9. The summed E-state index contributed by atoms with van der Waals surface area (Å²) in [4.78, 5) is 21.4. The number of hydrogen-bond acceptors (Lipinski definition) is 5. The molecule has 0 aliphatic carbocycles. The van der Waals surface area contributed by atoms with Crippen molar-refractivity contribution in [3.8, 4) is 22.4 Å². The van der Waals surface area contributed by atoms with Crippen LogP contribution in [0.4, 0.5) is 0 Å². The molecular formula is C33H36N4O4. The van der Waals surface area contributed by atoms with E-state index in [0.29, 0.717) is 37.5 Å². The van der Waals surface area contributed by atoms with Gasteiger partial charge in [0, 0.05) is 38.4 Å². The normalized spacial score (nSPS) is 11.4. The molecule has 0 unspecified atom stereocenters. The second-order valence-electron chi connectivity index (χ2n) is 10.2. The third kappa shape index (κ3) is 6.39. The van der Waals surface area contributed by atoms with Crippen molar-refractivity contribution in [2.75, 3.05) is 26.9 Å². The van der Waals surface area contributed by atoms with Crippen LogP contribution >= 0.6 is 0 Å². The number of carboxylic acid groups (broad SMARTS) is 1. The molecule has 3 aromatic carbocycles. The molecule has 0 bridgehead atoms. The Morgan fingerprint density at radius 2 is 1.80 bits per heavy atom. The maximum Gasteiger partial charge on any atom is 0.336 e. The second-order valence-corrected chi connectivity index (χ2v) is 10.2. The van der Waals surface area contributed by atoms with Crippen LogP contribution in [0.3, 0.4) is 0 Å². The van der Waals surface area contributed by atoms with Crippen molar-refractivity contribution in [1.82, 2.24) is 19.1 Å². The number of carboxylic acids is 1. The SMILES string of the molecule is CCCc1nc2c(C)cc(-c3cn(CCOCCOC)cn3)cc2n1Cc1ccc(-c2ccccc2C(=O)O)cc1. The molecule has 2 heterocycles. The zero-order chi connectivity index (χ0) is 28.8. The summed E-state index contributed by atoms with van der Waals surface area (Å²) < 4.78 is 15.0. The van der Waals surface area contributed by atoms with Crippen LogP contribution in [-0.2, 0) is 29.0 Å². The summed E-state index contributed by atoms with van der Waals surface area (Å²) >= 11 is 0. The average molecular weight is 553 g/mol. The first-order chi connectivity index (χ1) is 20.0. The summed E-state index contributed by atoms with van der Waals surface area (Å²) in [6.45, 7) is 7.44. The van der Waals surface area contributed by atoms with E-state index in [9.17, 15) is 9.90 Å². The molecule has 0 amide bonds. The van der Waals surface area contributed by atoms with E-state index in [1.54, 1.807) is 19.2 Å². The lowest BCUT2D eigenvalue weighted by Gasteiger charge is -2.12. The first kappa shape index (κ1) is 28.3. The van der Waals surface area contributed by atoms with Crippen molar-refractivity contribution >= 4 is 17.0 Å². The minimum atomic E-state index is -0.926. The van der Waals surface area contributed by atoms with E-state index in [-0.39, 0.29) is 0 Å². The molecule has 0 aliphatic heterocycles. The molecule has 8 heteroatoms. The Hall–Kier alpha value is -4.27. The largest absolute Gasteiger partial charge is 0.478 e. The minimum Gasteiger partial charge on any atom is -0.478 e. The molecule has 0 spiro atoms. The highest BCUT2D eigenvalue weighted by atomic mass is 16.5. The molecule has 5 rings (SSSR count). The van der Waals surface area contributed by atoms with Crippen LogP contribution in [0.15, 0.2) is 73.2 Å².